The predicted molar refractivity (Wildman–Crippen MR) is 71.9 cm³/mol. The molecule has 1 amide bonds. The molecule has 1 N–H and O–H groups in total. The van der Waals surface area contributed by atoms with Crippen LogP contribution in [0.5, 0.6) is 0 Å². The number of carbonyl (C=O) groups excluding carboxylic acids is 1. The van der Waals surface area contributed by atoms with E-state index in [1.165, 1.54) is 4.85 Å². The molecule has 1 heterocycles. The molecule has 1 aromatic heterocycles. The van der Waals surface area contributed by atoms with Crippen molar-refractivity contribution in [2.75, 3.05) is 13.2 Å². The Kier molecular flexibility index (Phi) is 4.57. The number of fused-ring (bicyclic) bond motifs is 1. The number of nitrogens with one attached hydrogen (secondary N) is 1. The minimum atomic E-state index is -0.181. The number of halogens is 1. The number of benzene rings is 1. The second-order valence-corrected chi connectivity index (χ2v) is 4.51. The van der Waals surface area contributed by atoms with E-state index in [4.69, 9.17) is 16.4 Å². The zero-order chi connectivity index (χ0) is 13.7. The Balaban J connectivity index is 1.94. The van der Waals surface area contributed by atoms with Gasteiger partial charge in [0.15, 0.2) is 6.61 Å². The summed E-state index contributed by atoms with van der Waals surface area (Å²) in [5, 5.41) is 11.0. The van der Waals surface area contributed by atoms with Crippen molar-refractivity contribution in [1.29, 1.82) is 0 Å². The summed E-state index contributed by atoms with van der Waals surface area (Å²) in [6.45, 7) is 2.62. The number of carbonyl (C=O) groups is 1. The summed E-state index contributed by atoms with van der Waals surface area (Å²) in [6, 6.07) is 5.15. The third-order valence-corrected chi connectivity index (χ3v) is 2.78. The van der Waals surface area contributed by atoms with E-state index in [0.717, 1.165) is 12.8 Å². The first-order valence-corrected chi connectivity index (χ1v) is 6.49. The Morgan fingerprint density at radius 2 is 2.37 bits per heavy atom. The van der Waals surface area contributed by atoms with Crippen molar-refractivity contribution in [1.82, 2.24) is 20.5 Å². The third-order valence-electron chi connectivity index (χ3n) is 2.55. The minimum Gasteiger partial charge on any atom is -0.385 e. The molecular formula is C12H15ClN4O2. The predicted octanol–water partition coefficient (Wildman–Crippen LogP) is 1.43. The maximum absolute atomic E-state index is 11.5. The maximum Gasteiger partial charge on any atom is 0.260 e. The van der Waals surface area contributed by atoms with Crippen LogP contribution in [0.15, 0.2) is 18.2 Å². The van der Waals surface area contributed by atoms with Crippen molar-refractivity contribution >= 4 is 28.5 Å². The summed E-state index contributed by atoms with van der Waals surface area (Å²) >= 11 is 5.89. The molecule has 0 saturated heterocycles. The molecule has 1 aromatic carbocycles. The molecule has 0 saturated carbocycles. The van der Waals surface area contributed by atoms with Gasteiger partial charge >= 0.3 is 0 Å². The van der Waals surface area contributed by atoms with Crippen LogP contribution in [-0.4, -0.2) is 34.2 Å². The Labute approximate surface area is 115 Å². The SMILES string of the molecule is CCCCNC(=O)COn1nnc2ccc(Cl)cc21. The first kappa shape index (κ1) is 13.6. The quantitative estimate of drug-likeness (QED) is 0.814. The largest absolute Gasteiger partial charge is 0.385 e. The highest BCUT2D eigenvalue weighted by atomic mass is 35.5. The number of amides is 1. The molecule has 0 unspecified atom stereocenters. The fourth-order valence-electron chi connectivity index (χ4n) is 1.54. The Morgan fingerprint density at radius 3 is 3.16 bits per heavy atom. The molecule has 0 aliphatic heterocycles. The van der Waals surface area contributed by atoms with Crippen LogP contribution in [0.1, 0.15) is 19.8 Å². The van der Waals surface area contributed by atoms with E-state index in [-0.39, 0.29) is 12.5 Å². The molecular weight excluding hydrogens is 268 g/mol. The Morgan fingerprint density at radius 1 is 1.53 bits per heavy atom. The van der Waals surface area contributed by atoms with Crippen LogP contribution in [0.4, 0.5) is 0 Å². The second kappa shape index (κ2) is 6.38. The Hall–Kier alpha value is -1.82. The molecule has 2 rings (SSSR count). The second-order valence-electron chi connectivity index (χ2n) is 4.07. The summed E-state index contributed by atoms with van der Waals surface area (Å²) in [5.41, 5.74) is 1.30. The number of nitrogens with zero attached hydrogens (tertiary/aromatic N) is 3. The fraction of sp³-hybridized carbons (Fsp3) is 0.417. The van der Waals surface area contributed by atoms with Gasteiger partial charge in [-0.15, -0.1) is 5.10 Å². The van der Waals surface area contributed by atoms with Crippen LogP contribution in [0.2, 0.25) is 5.02 Å². The van der Waals surface area contributed by atoms with Gasteiger partial charge in [-0.05, 0) is 29.8 Å². The van der Waals surface area contributed by atoms with Gasteiger partial charge in [0.05, 0.1) is 0 Å². The molecule has 0 radical (unpaired) electrons. The van der Waals surface area contributed by atoms with Gasteiger partial charge in [-0.1, -0.05) is 29.8 Å². The highest BCUT2D eigenvalue weighted by molar-refractivity contribution is 6.31. The van der Waals surface area contributed by atoms with Gasteiger partial charge in [-0.3, -0.25) is 4.79 Å². The van der Waals surface area contributed by atoms with E-state index in [2.05, 4.69) is 22.6 Å². The van der Waals surface area contributed by atoms with Gasteiger partial charge in [0, 0.05) is 11.6 Å². The van der Waals surface area contributed by atoms with Gasteiger partial charge in [0.2, 0.25) is 0 Å². The number of hydrogen-bond donors (Lipinski definition) is 1. The highest BCUT2D eigenvalue weighted by Crippen LogP contribution is 2.16. The monoisotopic (exact) mass is 282 g/mol. The van der Waals surface area contributed by atoms with Crippen LogP contribution < -0.4 is 10.2 Å². The summed E-state index contributed by atoms with van der Waals surface area (Å²) in [6.07, 6.45) is 1.99. The summed E-state index contributed by atoms with van der Waals surface area (Å²) in [4.78, 5) is 18.0. The number of rotatable bonds is 6. The zero-order valence-corrected chi connectivity index (χ0v) is 11.4. The molecule has 19 heavy (non-hydrogen) atoms. The van der Waals surface area contributed by atoms with Gasteiger partial charge < -0.3 is 10.2 Å². The molecule has 2 aromatic rings. The third kappa shape index (κ3) is 3.57. The molecule has 0 bridgehead atoms. The summed E-state index contributed by atoms with van der Waals surface area (Å²) in [5.74, 6) is -0.181. The standard InChI is InChI=1S/C12H15ClN4O2/c1-2-3-6-14-12(18)8-19-17-11-7-9(13)4-5-10(11)15-16-17/h4-5,7H,2-3,6,8H2,1H3,(H,14,18). The molecule has 0 aliphatic rings. The number of hydrogen-bond acceptors (Lipinski definition) is 4. The highest BCUT2D eigenvalue weighted by Gasteiger charge is 2.08. The van der Waals surface area contributed by atoms with E-state index in [0.29, 0.717) is 22.6 Å². The fourth-order valence-corrected chi connectivity index (χ4v) is 1.71. The molecule has 0 aliphatic carbocycles. The number of aromatic nitrogens is 3. The van der Waals surface area contributed by atoms with Gasteiger partial charge in [0.1, 0.15) is 11.0 Å². The van der Waals surface area contributed by atoms with Gasteiger partial charge in [-0.2, -0.15) is 0 Å². The zero-order valence-electron chi connectivity index (χ0n) is 10.6. The van der Waals surface area contributed by atoms with Crippen molar-refractivity contribution in [2.45, 2.75) is 19.8 Å². The van der Waals surface area contributed by atoms with Crippen molar-refractivity contribution in [2.24, 2.45) is 0 Å². The van der Waals surface area contributed by atoms with Crippen molar-refractivity contribution in [3.8, 4) is 0 Å². The minimum absolute atomic E-state index is 0.102. The first-order chi connectivity index (χ1) is 9.20. The molecule has 0 spiro atoms. The van der Waals surface area contributed by atoms with Gasteiger partial charge in [0.25, 0.3) is 5.91 Å². The van der Waals surface area contributed by atoms with Crippen LogP contribution in [0, 0.1) is 0 Å². The lowest BCUT2D eigenvalue weighted by Crippen LogP contribution is -2.32. The van der Waals surface area contributed by atoms with Crippen molar-refractivity contribution in [3.63, 3.8) is 0 Å². The van der Waals surface area contributed by atoms with Crippen LogP contribution in [-0.2, 0) is 4.79 Å². The Bertz CT molecular complexity index is 570. The number of unbranched alkanes of at least 4 members (excludes halogenated alkanes) is 1. The molecule has 0 atom stereocenters. The lowest BCUT2D eigenvalue weighted by Gasteiger charge is -2.06. The average Bonchev–Trinajstić information content (AvgIpc) is 2.79. The van der Waals surface area contributed by atoms with Crippen molar-refractivity contribution in [3.05, 3.63) is 23.2 Å². The topological polar surface area (TPSA) is 69.0 Å². The summed E-state index contributed by atoms with van der Waals surface area (Å²) < 4.78 is 0. The van der Waals surface area contributed by atoms with E-state index in [1.807, 2.05) is 0 Å². The summed E-state index contributed by atoms with van der Waals surface area (Å²) in [7, 11) is 0. The smallest absolute Gasteiger partial charge is 0.260 e. The molecule has 7 heteroatoms. The molecule has 6 nitrogen and oxygen atoms in total. The van der Waals surface area contributed by atoms with E-state index in [1.54, 1.807) is 18.2 Å². The average molecular weight is 283 g/mol. The van der Waals surface area contributed by atoms with E-state index in [9.17, 15) is 4.79 Å². The molecule has 0 fully saturated rings. The van der Waals surface area contributed by atoms with Crippen LogP contribution in [0.3, 0.4) is 0 Å². The van der Waals surface area contributed by atoms with Crippen molar-refractivity contribution < 1.29 is 9.63 Å². The lowest BCUT2D eigenvalue weighted by atomic mass is 10.3. The van der Waals surface area contributed by atoms with Crippen LogP contribution >= 0.6 is 11.6 Å². The lowest BCUT2D eigenvalue weighted by molar-refractivity contribution is -0.126. The first-order valence-electron chi connectivity index (χ1n) is 6.11. The van der Waals surface area contributed by atoms with Crippen LogP contribution in [0.25, 0.3) is 11.0 Å². The van der Waals surface area contributed by atoms with Gasteiger partial charge in [-0.25, -0.2) is 0 Å². The maximum atomic E-state index is 11.5. The normalized spacial score (nSPS) is 10.6. The molecule has 102 valence electrons. The van der Waals surface area contributed by atoms with E-state index < -0.39 is 0 Å². The van der Waals surface area contributed by atoms with E-state index >= 15 is 0 Å².